The molecule has 0 saturated heterocycles. The van der Waals surface area contributed by atoms with Crippen LogP contribution in [0.25, 0.3) is 0 Å². The van der Waals surface area contributed by atoms with E-state index in [0.717, 1.165) is 31.2 Å². The highest BCUT2D eigenvalue weighted by atomic mass is 16.7. The van der Waals surface area contributed by atoms with Crippen molar-refractivity contribution in [3.63, 3.8) is 0 Å². The monoisotopic (exact) mass is 432 g/mol. The van der Waals surface area contributed by atoms with Gasteiger partial charge < -0.3 is 25.2 Å². The lowest BCUT2D eigenvalue weighted by molar-refractivity contribution is -0.130. The zero-order valence-electron chi connectivity index (χ0n) is 18.4. The highest BCUT2D eigenvalue weighted by molar-refractivity contribution is 5.88. The van der Waals surface area contributed by atoms with Gasteiger partial charge in [0.1, 0.15) is 6.04 Å². The van der Waals surface area contributed by atoms with Crippen LogP contribution >= 0.6 is 0 Å². The van der Waals surface area contributed by atoms with Gasteiger partial charge >= 0.3 is 0 Å². The van der Waals surface area contributed by atoms with Crippen LogP contribution in [0.15, 0.2) is 18.2 Å². The number of amides is 2. The van der Waals surface area contributed by atoms with Crippen LogP contribution in [-0.2, 0) is 16.0 Å². The third-order valence-electron chi connectivity index (χ3n) is 6.09. The minimum atomic E-state index is -0.942. The largest absolute Gasteiger partial charge is 0.454 e. The lowest BCUT2D eigenvalue weighted by Crippen LogP contribution is -2.51. The molecule has 7 heteroatoms. The highest BCUT2D eigenvalue weighted by Crippen LogP contribution is 2.32. The van der Waals surface area contributed by atoms with Gasteiger partial charge in [0.2, 0.25) is 18.6 Å². The topological polar surface area (TPSA) is 96.9 Å². The van der Waals surface area contributed by atoms with Gasteiger partial charge in [-0.2, -0.15) is 0 Å². The van der Waals surface area contributed by atoms with Crippen molar-refractivity contribution in [2.75, 3.05) is 13.4 Å². The maximum atomic E-state index is 12.7. The van der Waals surface area contributed by atoms with Crippen molar-refractivity contribution in [3.05, 3.63) is 23.8 Å². The van der Waals surface area contributed by atoms with Gasteiger partial charge in [-0.25, -0.2) is 0 Å². The average molecular weight is 433 g/mol. The molecule has 0 spiro atoms. The van der Waals surface area contributed by atoms with Crippen molar-refractivity contribution in [1.82, 2.24) is 10.6 Å². The van der Waals surface area contributed by atoms with E-state index in [-0.39, 0.29) is 31.1 Å². The Morgan fingerprint density at radius 2 is 1.55 bits per heavy atom. The Morgan fingerprint density at radius 1 is 0.935 bits per heavy atom. The summed E-state index contributed by atoms with van der Waals surface area (Å²) in [5, 5.41) is 15.4. The third kappa shape index (κ3) is 7.73. The Balaban J connectivity index is 1.48. The molecule has 172 valence electrons. The van der Waals surface area contributed by atoms with Crippen LogP contribution in [0.5, 0.6) is 11.5 Å². The van der Waals surface area contributed by atoms with E-state index in [0.29, 0.717) is 11.5 Å². The van der Waals surface area contributed by atoms with Crippen molar-refractivity contribution in [1.29, 1.82) is 0 Å². The summed E-state index contributed by atoms with van der Waals surface area (Å²) in [6, 6.07) is 4.49. The number of nitrogens with one attached hydrogen (secondary N) is 2. The molecule has 1 atom stereocenters. The molecule has 3 rings (SSSR count). The molecule has 0 radical (unpaired) electrons. The van der Waals surface area contributed by atoms with Gasteiger partial charge in [-0.1, -0.05) is 63.9 Å². The molecule has 1 fully saturated rings. The molecule has 1 aliphatic carbocycles. The zero-order valence-corrected chi connectivity index (χ0v) is 18.4. The van der Waals surface area contributed by atoms with Gasteiger partial charge in [-0.3, -0.25) is 9.59 Å². The van der Waals surface area contributed by atoms with Crippen molar-refractivity contribution in [2.24, 2.45) is 0 Å². The molecule has 0 bridgehead atoms. The molecule has 1 saturated carbocycles. The van der Waals surface area contributed by atoms with Crippen LogP contribution in [0, 0.1) is 0 Å². The van der Waals surface area contributed by atoms with E-state index in [1.54, 1.807) is 18.2 Å². The highest BCUT2D eigenvalue weighted by Gasteiger charge is 2.23. The Kier molecular flexibility index (Phi) is 9.46. The van der Waals surface area contributed by atoms with Gasteiger partial charge in [0.15, 0.2) is 11.5 Å². The summed E-state index contributed by atoms with van der Waals surface area (Å²) in [5.74, 6) is 0.656. The summed E-state index contributed by atoms with van der Waals surface area (Å²) in [4.78, 5) is 25.2. The molecule has 3 N–H and O–H groups in total. The van der Waals surface area contributed by atoms with Crippen LogP contribution in [0.1, 0.15) is 76.2 Å². The van der Waals surface area contributed by atoms with E-state index < -0.39 is 12.6 Å². The second-order valence-corrected chi connectivity index (χ2v) is 8.63. The summed E-state index contributed by atoms with van der Waals surface area (Å²) < 4.78 is 10.6. The van der Waals surface area contributed by atoms with Crippen molar-refractivity contribution < 1.29 is 24.2 Å². The minimum absolute atomic E-state index is 0.101. The molecule has 1 heterocycles. The van der Waals surface area contributed by atoms with E-state index in [1.165, 1.54) is 44.9 Å². The first-order valence-corrected chi connectivity index (χ1v) is 11.7. The van der Waals surface area contributed by atoms with Crippen LogP contribution in [0.2, 0.25) is 0 Å². The smallest absolute Gasteiger partial charge is 0.245 e. The van der Waals surface area contributed by atoms with Gasteiger partial charge in [-0.05, 0) is 30.5 Å². The predicted molar refractivity (Wildman–Crippen MR) is 118 cm³/mol. The van der Waals surface area contributed by atoms with Crippen molar-refractivity contribution >= 4 is 11.8 Å². The first-order chi connectivity index (χ1) is 15.2. The van der Waals surface area contributed by atoms with E-state index in [1.807, 2.05) is 0 Å². The van der Waals surface area contributed by atoms with Gasteiger partial charge in [-0.15, -0.1) is 0 Å². The lowest BCUT2D eigenvalue weighted by Gasteiger charge is -2.23. The number of rotatable bonds is 6. The third-order valence-corrected chi connectivity index (χ3v) is 6.09. The molecular formula is C24H36N2O5. The molecule has 1 aromatic carbocycles. The number of aliphatic hydroxyl groups is 1. The molecule has 1 aliphatic heterocycles. The Labute approximate surface area is 184 Å². The predicted octanol–water partition coefficient (Wildman–Crippen LogP) is 3.22. The summed E-state index contributed by atoms with van der Waals surface area (Å²) in [6.07, 6.45) is 13.1. The van der Waals surface area contributed by atoms with Crippen molar-refractivity contribution in [3.8, 4) is 11.5 Å². The number of fused-ring (bicyclic) bond motifs is 1. The molecular weight excluding hydrogens is 396 g/mol. The van der Waals surface area contributed by atoms with Crippen LogP contribution in [-0.4, -0.2) is 42.4 Å². The normalized spacial score (nSPS) is 19.0. The molecule has 2 amide bonds. The molecule has 0 unspecified atom stereocenters. The number of aliphatic hydroxyl groups excluding tert-OH is 1. The zero-order chi connectivity index (χ0) is 21.9. The first-order valence-electron chi connectivity index (χ1n) is 11.7. The number of hydrogen-bond donors (Lipinski definition) is 3. The summed E-state index contributed by atoms with van der Waals surface area (Å²) in [5.41, 5.74) is 0.762. The van der Waals surface area contributed by atoms with Gasteiger partial charge in [0, 0.05) is 6.04 Å². The van der Waals surface area contributed by atoms with Gasteiger partial charge in [0.05, 0.1) is 13.0 Å². The fraction of sp³-hybridized carbons (Fsp3) is 0.667. The molecule has 1 aromatic rings. The van der Waals surface area contributed by atoms with E-state index >= 15 is 0 Å². The van der Waals surface area contributed by atoms with Gasteiger partial charge in [0.25, 0.3) is 0 Å². The number of carbonyl (C=O) groups is 2. The lowest BCUT2D eigenvalue weighted by atomic mass is 9.97. The Bertz CT molecular complexity index is 712. The second-order valence-electron chi connectivity index (χ2n) is 8.63. The number of ether oxygens (including phenoxy) is 2. The minimum Gasteiger partial charge on any atom is -0.454 e. The Hall–Kier alpha value is -2.28. The van der Waals surface area contributed by atoms with Crippen LogP contribution in [0.3, 0.4) is 0 Å². The van der Waals surface area contributed by atoms with E-state index in [2.05, 4.69) is 10.6 Å². The fourth-order valence-corrected chi connectivity index (χ4v) is 4.29. The van der Waals surface area contributed by atoms with Crippen LogP contribution < -0.4 is 20.1 Å². The number of benzene rings is 1. The quantitative estimate of drug-likeness (QED) is 0.641. The van der Waals surface area contributed by atoms with E-state index in [9.17, 15) is 14.7 Å². The summed E-state index contributed by atoms with van der Waals surface area (Å²) in [6.45, 7) is -0.246. The summed E-state index contributed by atoms with van der Waals surface area (Å²) in [7, 11) is 0. The second kappa shape index (κ2) is 12.5. The molecule has 31 heavy (non-hydrogen) atoms. The molecule has 7 nitrogen and oxygen atoms in total. The van der Waals surface area contributed by atoms with E-state index in [4.69, 9.17) is 9.47 Å². The summed E-state index contributed by atoms with van der Waals surface area (Å²) >= 11 is 0. The fourth-order valence-electron chi connectivity index (χ4n) is 4.29. The first kappa shape index (κ1) is 23.4. The maximum absolute atomic E-state index is 12.7. The van der Waals surface area contributed by atoms with Crippen molar-refractivity contribution in [2.45, 2.75) is 89.1 Å². The Morgan fingerprint density at radius 3 is 2.19 bits per heavy atom. The number of hydrogen-bond acceptors (Lipinski definition) is 5. The van der Waals surface area contributed by atoms with Crippen LogP contribution in [0.4, 0.5) is 0 Å². The maximum Gasteiger partial charge on any atom is 0.245 e. The SMILES string of the molecule is O=C(Cc1ccc2c(c1)OCO2)N[C@@H](CO)C(=O)NC1CCCCCCCCCCC1. The number of carbonyl (C=O) groups excluding carboxylic acids is 2. The standard InChI is InChI=1S/C24H36N2O5/c27-16-20(26-23(28)15-18-12-13-21-22(14-18)31-17-30-21)24(29)25-19-10-8-6-4-2-1-3-5-7-9-11-19/h12-14,19-20,27H,1-11,15-17H2,(H,25,29)(H,26,28)/t20-/m0/s1. The molecule has 2 aliphatic rings. The molecule has 0 aromatic heterocycles. The average Bonchev–Trinajstić information content (AvgIpc) is 3.21.